The Morgan fingerprint density at radius 2 is 2.04 bits per heavy atom. The zero-order chi connectivity index (χ0) is 16.8. The molecule has 136 valence electrons. The Kier molecular flexibility index (Phi) is 8.18. The van der Waals surface area contributed by atoms with Crippen LogP contribution in [0.2, 0.25) is 0 Å². The van der Waals surface area contributed by atoms with Gasteiger partial charge in [-0.05, 0) is 41.3 Å². The second kappa shape index (κ2) is 10.1. The van der Waals surface area contributed by atoms with E-state index in [-0.39, 0.29) is 24.0 Å². The molecule has 2 N–H and O–H groups in total. The molecule has 1 fully saturated rings. The number of hydrogen-bond donors (Lipinski definition) is 2. The predicted molar refractivity (Wildman–Crippen MR) is 118 cm³/mol. The molecule has 2 unspecified atom stereocenters. The summed E-state index contributed by atoms with van der Waals surface area (Å²) >= 11 is 1.73. The molecule has 25 heavy (non-hydrogen) atoms. The Hall–Kier alpha value is -1.12. The number of thiophene rings is 1. The van der Waals surface area contributed by atoms with E-state index < -0.39 is 0 Å². The van der Waals surface area contributed by atoms with E-state index in [0.717, 1.165) is 32.0 Å². The Balaban J connectivity index is 0.00000225. The van der Waals surface area contributed by atoms with Crippen LogP contribution in [0.3, 0.4) is 0 Å². The summed E-state index contributed by atoms with van der Waals surface area (Å²) < 4.78 is 0. The van der Waals surface area contributed by atoms with Gasteiger partial charge in [0.2, 0.25) is 0 Å². The maximum atomic E-state index is 4.36. The monoisotopic (exact) mass is 470 g/mol. The quantitative estimate of drug-likeness (QED) is 0.398. The lowest BCUT2D eigenvalue weighted by atomic mass is 10.2. The van der Waals surface area contributed by atoms with Crippen molar-refractivity contribution >= 4 is 41.3 Å². The minimum absolute atomic E-state index is 0. The van der Waals surface area contributed by atoms with E-state index in [9.17, 15) is 0 Å². The smallest absolute Gasteiger partial charge is 0.191 e. The van der Waals surface area contributed by atoms with Crippen LogP contribution in [0, 0.1) is 0 Å². The molecular formula is C19H27IN4S. The van der Waals surface area contributed by atoms with Crippen LogP contribution < -0.4 is 10.6 Å². The summed E-state index contributed by atoms with van der Waals surface area (Å²) in [5.41, 5.74) is 2.68. The maximum Gasteiger partial charge on any atom is 0.191 e. The van der Waals surface area contributed by atoms with Crippen LogP contribution in [0.4, 0.5) is 0 Å². The highest BCUT2D eigenvalue weighted by Crippen LogP contribution is 2.20. The Labute approximate surface area is 171 Å². The van der Waals surface area contributed by atoms with E-state index >= 15 is 0 Å². The van der Waals surface area contributed by atoms with Crippen LogP contribution in [0.1, 0.15) is 24.5 Å². The first-order chi connectivity index (χ1) is 11.7. The topological polar surface area (TPSA) is 39.7 Å². The summed E-state index contributed by atoms with van der Waals surface area (Å²) in [4.78, 5) is 6.91. The van der Waals surface area contributed by atoms with Gasteiger partial charge in [-0.1, -0.05) is 30.3 Å². The van der Waals surface area contributed by atoms with Crippen molar-refractivity contribution in [1.29, 1.82) is 0 Å². The van der Waals surface area contributed by atoms with E-state index in [1.165, 1.54) is 11.1 Å². The van der Waals surface area contributed by atoms with Gasteiger partial charge in [-0.2, -0.15) is 11.3 Å². The highest BCUT2D eigenvalue weighted by atomic mass is 127. The van der Waals surface area contributed by atoms with Crippen molar-refractivity contribution < 1.29 is 0 Å². The number of benzene rings is 1. The Morgan fingerprint density at radius 1 is 1.24 bits per heavy atom. The molecular weight excluding hydrogens is 443 g/mol. The molecule has 1 aliphatic heterocycles. The van der Waals surface area contributed by atoms with Crippen LogP contribution in [-0.4, -0.2) is 36.5 Å². The summed E-state index contributed by atoms with van der Waals surface area (Å²) in [5, 5.41) is 11.3. The molecule has 0 radical (unpaired) electrons. The third kappa shape index (κ3) is 5.97. The maximum absolute atomic E-state index is 4.36. The molecule has 2 aromatic rings. The van der Waals surface area contributed by atoms with Crippen LogP contribution in [-0.2, 0) is 13.1 Å². The van der Waals surface area contributed by atoms with Crippen molar-refractivity contribution in [3.8, 4) is 0 Å². The molecule has 1 aromatic heterocycles. The lowest BCUT2D eigenvalue weighted by Crippen LogP contribution is -2.44. The lowest BCUT2D eigenvalue weighted by molar-refractivity contribution is 0.258. The first-order valence-corrected chi connectivity index (χ1v) is 9.45. The van der Waals surface area contributed by atoms with Crippen molar-refractivity contribution in [2.75, 3.05) is 13.6 Å². The van der Waals surface area contributed by atoms with Crippen molar-refractivity contribution in [2.24, 2.45) is 4.99 Å². The normalized spacial score (nSPS) is 21.0. The molecule has 0 bridgehead atoms. The van der Waals surface area contributed by atoms with E-state index in [4.69, 9.17) is 0 Å². The van der Waals surface area contributed by atoms with Gasteiger partial charge in [-0.3, -0.25) is 9.89 Å². The average molecular weight is 470 g/mol. The molecule has 1 saturated heterocycles. The molecule has 4 nitrogen and oxygen atoms in total. The fourth-order valence-corrected chi connectivity index (χ4v) is 3.88. The number of nitrogens with one attached hydrogen (secondary N) is 2. The molecule has 0 saturated carbocycles. The molecule has 1 aromatic carbocycles. The first-order valence-electron chi connectivity index (χ1n) is 8.51. The van der Waals surface area contributed by atoms with Crippen molar-refractivity contribution in [3.05, 3.63) is 58.3 Å². The summed E-state index contributed by atoms with van der Waals surface area (Å²) in [6, 6.07) is 13.9. The number of halogens is 1. The number of hydrogen-bond acceptors (Lipinski definition) is 3. The average Bonchev–Trinajstić information content (AvgIpc) is 3.23. The number of nitrogens with zero attached hydrogens (tertiary/aromatic N) is 2. The minimum atomic E-state index is 0. The number of likely N-dealkylation sites (tertiary alicyclic amines) is 1. The molecule has 2 atom stereocenters. The molecule has 2 heterocycles. The van der Waals surface area contributed by atoms with Crippen molar-refractivity contribution in [2.45, 2.75) is 38.5 Å². The predicted octanol–water partition coefficient (Wildman–Crippen LogP) is 3.69. The first kappa shape index (κ1) is 20.2. The summed E-state index contributed by atoms with van der Waals surface area (Å²) in [6.07, 6.45) is 1.14. The van der Waals surface area contributed by atoms with Crippen molar-refractivity contribution in [1.82, 2.24) is 15.5 Å². The van der Waals surface area contributed by atoms with Gasteiger partial charge in [-0.15, -0.1) is 24.0 Å². The van der Waals surface area contributed by atoms with Gasteiger partial charge in [0.15, 0.2) is 5.96 Å². The van der Waals surface area contributed by atoms with E-state index in [1.54, 1.807) is 11.3 Å². The van der Waals surface area contributed by atoms with Gasteiger partial charge in [0.25, 0.3) is 0 Å². The number of guanidine groups is 1. The SMILES string of the molecule is CN=C(NCc1ccsc1)NC1CC(C)N(Cc2ccccc2)C1.I. The molecule has 3 rings (SSSR count). The third-order valence-electron chi connectivity index (χ3n) is 4.54. The van der Waals surface area contributed by atoms with Gasteiger partial charge >= 0.3 is 0 Å². The highest BCUT2D eigenvalue weighted by Gasteiger charge is 2.29. The summed E-state index contributed by atoms with van der Waals surface area (Å²) in [5.74, 6) is 0.889. The lowest BCUT2D eigenvalue weighted by Gasteiger charge is -2.21. The molecule has 0 spiro atoms. The molecule has 1 aliphatic rings. The van der Waals surface area contributed by atoms with Crippen molar-refractivity contribution in [3.63, 3.8) is 0 Å². The Bertz CT molecular complexity index is 645. The molecule has 0 amide bonds. The van der Waals surface area contributed by atoms with Crippen LogP contribution in [0.15, 0.2) is 52.2 Å². The van der Waals surface area contributed by atoms with Crippen LogP contribution in [0.5, 0.6) is 0 Å². The van der Waals surface area contributed by atoms with Gasteiger partial charge in [0.05, 0.1) is 0 Å². The molecule has 6 heteroatoms. The zero-order valence-electron chi connectivity index (χ0n) is 14.8. The van der Waals surface area contributed by atoms with Gasteiger partial charge in [0.1, 0.15) is 0 Å². The largest absolute Gasteiger partial charge is 0.352 e. The second-order valence-corrected chi connectivity index (χ2v) is 7.18. The Morgan fingerprint density at radius 3 is 2.72 bits per heavy atom. The standard InChI is InChI=1S/C19H26N4S.HI/c1-15-10-18(13-23(15)12-16-6-4-3-5-7-16)22-19(20-2)21-11-17-8-9-24-14-17;/h3-9,14-15,18H,10-13H2,1-2H3,(H2,20,21,22);1H. The third-order valence-corrected chi connectivity index (χ3v) is 5.27. The fourth-order valence-electron chi connectivity index (χ4n) is 3.21. The number of rotatable bonds is 5. The van der Waals surface area contributed by atoms with Gasteiger partial charge < -0.3 is 10.6 Å². The number of aliphatic imine (C=N–C) groups is 1. The fraction of sp³-hybridized carbons (Fsp3) is 0.421. The zero-order valence-corrected chi connectivity index (χ0v) is 18.0. The van der Waals surface area contributed by atoms with Gasteiger partial charge in [0, 0.05) is 38.8 Å². The van der Waals surface area contributed by atoms with E-state index in [2.05, 4.69) is 74.6 Å². The van der Waals surface area contributed by atoms with Crippen LogP contribution in [0.25, 0.3) is 0 Å². The summed E-state index contributed by atoms with van der Waals surface area (Å²) in [7, 11) is 1.84. The second-order valence-electron chi connectivity index (χ2n) is 6.40. The van der Waals surface area contributed by atoms with E-state index in [1.807, 2.05) is 7.05 Å². The van der Waals surface area contributed by atoms with E-state index in [0.29, 0.717) is 12.1 Å². The summed E-state index contributed by atoms with van der Waals surface area (Å²) in [6.45, 7) is 5.20. The van der Waals surface area contributed by atoms with Crippen LogP contribution >= 0.6 is 35.3 Å². The minimum Gasteiger partial charge on any atom is -0.352 e. The van der Waals surface area contributed by atoms with Gasteiger partial charge in [-0.25, -0.2) is 0 Å². The molecule has 0 aliphatic carbocycles. The highest BCUT2D eigenvalue weighted by molar-refractivity contribution is 14.0.